The van der Waals surface area contributed by atoms with Gasteiger partial charge in [-0.25, -0.2) is 4.57 Å². The first kappa shape index (κ1) is 14.2. The monoisotopic (exact) mass is 234 g/mol. The molecule has 17 heavy (non-hydrogen) atoms. The van der Waals surface area contributed by atoms with Gasteiger partial charge in [0.25, 0.3) is 0 Å². The van der Waals surface area contributed by atoms with Gasteiger partial charge < -0.3 is 0 Å². The summed E-state index contributed by atoms with van der Waals surface area (Å²) in [4.78, 5) is 0. The van der Waals surface area contributed by atoms with E-state index in [2.05, 4.69) is 43.8 Å². The maximum atomic E-state index is 2.41. The lowest BCUT2D eigenvalue weighted by Crippen LogP contribution is -2.34. The predicted molar refractivity (Wildman–Crippen MR) is 74.2 cm³/mol. The summed E-state index contributed by atoms with van der Waals surface area (Å²) in [6, 6.07) is 2.39. The minimum atomic E-state index is 1.18. The maximum Gasteiger partial charge on any atom is 0.171 e. The van der Waals surface area contributed by atoms with Gasteiger partial charge in [0.1, 0.15) is 6.54 Å². The molecule has 0 aliphatic rings. The van der Waals surface area contributed by atoms with Crippen molar-refractivity contribution in [2.24, 2.45) is 0 Å². The fraction of sp³-hybridized carbons (Fsp3) is 0.688. The Labute approximate surface area is 107 Å². The number of nitrogens with zero attached hydrogens (tertiary/aromatic N) is 1. The molecule has 96 valence electrons. The Morgan fingerprint density at radius 1 is 0.824 bits per heavy atom. The molecule has 1 aromatic heterocycles. The molecule has 0 spiro atoms. The number of unbranched alkanes of at least 4 members (excludes halogenated alkanes) is 2. The third kappa shape index (κ3) is 5.34. The average Bonchev–Trinajstić information content (AvgIpc) is 2.30. The first-order valence-corrected chi connectivity index (χ1v) is 7.32. The molecule has 1 heteroatoms. The standard InChI is InChI=1S/C16H28N/c1-4-7-8-11-17-13-15(9-5-2)12-16(14-17)10-6-3/h12-14H,4-11H2,1-3H3/q+1. The second kappa shape index (κ2) is 8.27. The molecule has 0 aliphatic heterocycles. The number of aryl methyl sites for hydroxylation is 3. The van der Waals surface area contributed by atoms with Crippen LogP contribution < -0.4 is 4.57 Å². The van der Waals surface area contributed by atoms with Crippen molar-refractivity contribution in [3.8, 4) is 0 Å². The van der Waals surface area contributed by atoms with Crippen LogP contribution in [0, 0.1) is 0 Å². The zero-order valence-electron chi connectivity index (χ0n) is 11.8. The minimum Gasteiger partial charge on any atom is -0.205 e. The molecule has 0 atom stereocenters. The number of hydrogen-bond acceptors (Lipinski definition) is 0. The molecule has 1 nitrogen and oxygen atoms in total. The van der Waals surface area contributed by atoms with Crippen molar-refractivity contribution >= 4 is 0 Å². The second-order valence-electron chi connectivity index (χ2n) is 5.00. The molecule has 1 aromatic rings. The van der Waals surface area contributed by atoms with E-state index in [0.717, 1.165) is 0 Å². The molecule has 1 rings (SSSR count). The summed E-state index contributed by atoms with van der Waals surface area (Å²) in [7, 11) is 0. The van der Waals surface area contributed by atoms with Gasteiger partial charge in [-0.3, -0.25) is 0 Å². The summed E-state index contributed by atoms with van der Waals surface area (Å²) in [5, 5.41) is 0. The van der Waals surface area contributed by atoms with E-state index in [4.69, 9.17) is 0 Å². The van der Waals surface area contributed by atoms with Crippen molar-refractivity contribution in [3.05, 3.63) is 29.6 Å². The summed E-state index contributed by atoms with van der Waals surface area (Å²) in [6.07, 6.45) is 13.6. The Morgan fingerprint density at radius 2 is 1.41 bits per heavy atom. The van der Waals surface area contributed by atoms with Gasteiger partial charge in [-0.1, -0.05) is 40.0 Å². The lowest BCUT2D eigenvalue weighted by Gasteiger charge is -2.04. The zero-order valence-corrected chi connectivity index (χ0v) is 11.8. The quantitative estimate of drug-likeness (QED) is 0.471. The van der Waals surface area contributed by atoms with Crippen LogP contribution in [0.3, 0.4) is 0 Å². The molecular formula is C16H28N+. The first-order chi connectivity index (χ1) is 8.30. The largest absolute Gasteiger partial charge is 0.205 e. The highest BCUT2D eigenvalue weighted by molar-refractivity contribution is 5.15. The summed E-state index contributed by atoms with van der Waals surface area (Å²) >= 11 is 0. The summed E-state index contributed by atoms with van der Waals surface area (Å²) < 4.78 is 2.41. The van der Waals surface area contributed by atoms with Gasteiger partial charge in [0, 0.05) is 17.5 Å². The highest BCUT2D eigenvalue weighted by Gasteiger charge is 2.06. The Hall–Kier alpha value is -0.850. The fourth-order valence-electron chi connectivity index (χ4n) is 2.30. The van der Waals surface area contributed by atoms with Crippen LogP contribution in [0.5, 0.6) is 0 Å². The molecule has 0 radical (unpaired) electrons. The Balaban J connectivity index is 2.72. The molecule has 0 amide bonds. The topological polar surface area (TPSA) is 3.88 Å². The van der Waals surface area contributed by atoms with Crippen LogP contribution in [0.1, 0.15) is 64.0 Å². The van der Waals surface area contributed by atoms with E-state index >= 15 is 0 Å². The molecule has 0 N–H and O–H groups in total. The van der Waals surface area contributed by atoms with E-state index in [0.29, 0.717) is 0 Å². The van der Waals surface area contributed by atoms with Gasteiger partial charge in [-0.2, -0.15) is 0 Å². The highest BCUT2D eigenvalue weighted by Crippen LogP contribution is 2.07. The summed E-state index contributed by atoms with van der Waals surface area (Å²) in [5.74, 6) is 0. The van der Waals surface area contributed by atoms with E-state index in [1.54, 1.807) is 0 Å². The van der Waals surface area contributed by atoms with Crippen molar-refractivity contribution in [2.45, 2.75) is 72.3 Å². The Bertz CT molecular complexity index is 293. The lowest BCUT2D eigenvalue weighted by molar-refractivity contribution is -0.698. The van der Waals surface area contributed by atoms with Gasteiger partial charge in [0.2, 0.25) is 0 Å². The smallest absolute Gasteiger partial charge is 0.171 e. The van der Waals surface area contributed by atoms with Gasteiger partial charge in [0.05, 0.1) is 0 Å². The summed E-state index contributed by atoms with van der Waals surface area (Å²) in [5.41, 5.74) is 3.02. The fourth-order valence-corrected chi connectivity index (χ4v) is 2.30. The van der Waals surface area contributed by atoms with Gasteiger partial charge in [-0.15, -0.1) is 0 Å². The van der Waals surface area contributed by atoms with Gasteiger partial charge in [0.15, 0.2) is 12.4 Å². The molecule has 0 aliphatic carbocycles. The van der Waals surface area contributed by atoms with E-state index < -0.39 is 0 Å². The van der Waals surface area contributed by atoms with E-state index in [1.807, 2.05) is 0 Å². The third-order valence-corrected chi connectivity index (χ3v) is 3.13. The van der Waals surface area contributed by atoms with E-state index in [9.17, 15) is 0 Å². The molecule has 0 saturated heterocycles. The second-order valence-corrected chi connectivity index (χ2v) is 5.00. The lowest BCUT2D eigenvalue weighted by atomic mass is 10.1. The number of hydrogen-bond donors (Lipinski definition) is 0. The normalized spacial score (nSPS) is 10.8. The highest BCUT2D eigenvalue weighted by atomic mass is 14.9. The minimum absolute atomic E-state index is 1.18. The van der Waals surface area contributed by atoms with Gasteiger partial charge >= 0.3 is 0 Å². The number of pyridine rings is 1. The van der Waals surface area contributed by atoms with E-state index in [1.165, 1.54) is 62.6 Å². The van der Waals surface area contributed by atoms with Crippen LogP contribution in [0.15, 0.2) is 18.5 Å². The Morgan fingerprint density at radius 3 is 1.88 bits per heavy atom. The SMILES string of the molecule is CCCCC[n+]1cc(CCC)cc(CCC)c1. The molecule has 0 saturated carbocycles. The molecule has 1 heterocycles. The molecule has 0 unspecified atom stereocenters. The van der Waals surface area contributed by atoms with Crippen molar-refractivity contribution in [2.75, 3.05) is 0 Å². The summed E-state index contributed by atoms with van der Waals surface area (Å²) in [6.45, 7) is 7.96. The Kier molecular flexibility index (Phi) is 6.91. The van der Waals surface area contributed by atoms with Crippen LogP contribution in [0.25, 0.3) is 0 Å². The molecule has 0 bridgehead atoms. The van der Waals surface area contributed by atoms with Crippen molar-refractivity contribution < 1.29 is 4.57 Å². The molecule has 0 aromatic carbocycles. The van der Waals surface area contributed by atoms with Crippen LogP contribution in [-0.4, -0.2) is 0 Å². The molecular weight excluding hydrogens is 206 g/mol. The first-order valence-electron chi connectivity index (χ1n) is 7.32. The van der Waals surface area contributed by atoms with Crippen LogP contribution in [0.2, 0.25) is 0 Å². The third-order valence-electron chi connectivity index (χ3n) is 3.13. The van der Waals surface area contributed by atoms with Crippen LogP contribution in [-0.2, 0) is 19.4 Å². The maximum absolute atomic E-state index is 2.41. The van der Waals surface area contributed by atoms with Crippen LogP contribution >= 0.6 is 0 Å². The van der Waals surface area contributed by atoms with Gasteiger partial charge in [-0.05, 0) is 25.3 Å². The predicted octanol–water partition coefficient (Wildman–Crippen LogP) is 4.07. The van der Waals surface area contributed by atoms with Crippen LogP contribution in [0.4, 0.5) is 0 Å². The number of rotatable bonds is 8. The van der Waals surface area contributed by atoms with Crippen molar-refractivity contribution in [3.63, 3.8) is 0 Å². The molecule has 0 fully saturated rings. The number of aromatic nitrogens is 1. The van der Waals surface area contributed by atoms with Crippen molar-refractivity contribution in [1.29, 1.82) is 0 Å². The van der Waals surface area contributed by atoms with Crippen molar-refractivity contribution in [1.82, 2.24) is 0 Å². The zero-order chi connectivity index (χ0) is 12.5. The van der Waals surface area contributed by atoms with E-state index in [-0.39, 0.29) is 0 Å². The average molecular weight is 234 g/mol.